The second-order valence-electron chi connectivity index (χ2n) is 6.22. The Hall–Kier alpha value is -1.69. The van der Waals surface area contributed by atoms with Crippen LogP contribution in [-0.2, 0) is 16.6 Å². The van der Waals surface area contributed by atoms with Crippen LogP contribution in [-0.4, -0.2) is 33.5 Å². The smallest absolute Gasteiger partial charge is 0.240 e. The molecule has 5 heteroatoms. The lowest BCUT2D eigenvalue weighted by molar-refractivity contribution is 0.322. The van der Waals surface area contributed by atoms with E-state index in [1.54, 1.807) is 12.1 Å². The third-order valence-electron chi connectivity index (χ3n) is 4.09. The van der Waals surface area contributed by atoms with E-state index in [9.17, 15) is 8.42 Å². The van der Waals surface area contributed by atoms with Crippen molar-refractivity contribution >= 4 is 10.0 Å². The molecule has 2 aromatic carbocycles. The first-order valence-electron chi connectivity index (χ1n) is 8.18. The molecular formula is C19H26N2O2S. The molecule has 4 nitrogen and oxygen atoms in total. The first-order valence-corrected chi connectivity index (χ1v) is 9.66. The Kier molecular flexibility index (Phi) is 6.54. The highest BCUT2D eigenvalue weighted by Gasteiger charge is 2.13. The lowest BCUT2D eigenvalue weighted by atomic mass is 10.1. The minimum Gasteiger partial charge on any atom is -0.302 e. The van der Waals surface area contributed by atoms with Gasteiger partial charge in [-0.05, 0) is 62.7 Å². The molecule has 0 saturated carbocycles. The van der Waals surface area contributed by atoms with Gasteiger partial charge >= 0.3 is 0 Å². The molecule has 0 aliphatic heterocycles. The molecule has 0 atom stereocenters. The van der Waals surface area contributed by atoms with Crippen LogP contribution < -0.4 is 4.72 Å². The maximum Gasteiger partial charge on any atom is 0.240 e. The summed E-state index contributed by atoms with van der Waals surface area (Å²) in [6.07, 6.45) is 0.771. The van der Waals surface area contributed by atoms with Crippen LogP contribution in [0.3, 0.4) is 0 Å². The van der Waals surface area contributed by atoms with E-state index >= 15 is 0 Å². The average Bonchev–Trinajstić information content (AvgIpc) is 2.55. The summed E-state index contributed by atoms with van der Waals surface area (Å²) in [7, 11) is -1.38. The summed E-state index contributed by atoms with van der Waals surface area (Å²) in [6, 6.07) is 15.5. The molecule has 130 valence electrons. The van der Waals surface area contributed by atoms with Crippen molar-refractivity contribution in [3.05, 3.63) is 65.2 Å². The Morgan fingerprint density at radius 1 is 1.00 bits per heavy atom. The van der Waals surface area contributed by atoms with Gasteiger partial charge in [-0.15, -0.1) is 0 Å². The lowest BCUT2D eigenvalue weighted by Crippen LogP contribution is -2.28. The normalized spacial score (nSPS) is 11.8. The molecule has 0 amide bonds. The second kappa shape index (κ2) is 8.42. The fraction of sp³-hybridized carbons (Fsp3) is 0.368. The Bertz CT molecular complexity index is 758. The molecule has 0 aromatic heterocycles. The van der Waals surface area contributed by atoms with Gasteiger partial charge in [0, 0.05) is 13.1 Å². The molecule has 0 fully saturated rings. The van der Waals surface area contributed by atoms with E-state index in [1.165, 1.54) is 5.56 Å². The summed E-state index contributed by atoms with van der Waals surface area (Å²) in [5.41, 5.74) is 3.34. The predicted molar refractivity (Wildman–Crippen MR) is 98.5 cm³/mol. The molecule has 0 radical (unpaired) electrons. The van der Waals surface area contributed by atoms with Gasteiger partial charge in [0.1, 0.15) is 0 Å². The molecule has 0 heterocycles. The zero-order chi connectivity index (χ0) is 17.6. The highest BCUT2D eigenvalue weighted by molar-refractivity contribution is 7.89. The van der Waals surface area contributed by atoms with Crippen molar-refractivity contribution in [2.75, 3.05) is 20.1 Å². The van der Waals surface area contributed by atoms with Crippen molar-refractivity contribution in [1.29, 1.82) is 0 Å². The maximum absolute atomic E-state index is 12.3. The standard InChI is InChI=1S/C19H26N2O2S/c1-16-10-11-19(14-17(16)2)24(22,23)20-12-7-13-21(3)15-18-8-5-4-6-9-18/h4-6,8-11,14,20H,7,12-13,15H2,1-3H3. The maximum atomic E-state index is 12.3. The molecule has 0 aliphatic rings. The average molecular weight is 346 g/mol. The summed E-state index contributed by atoms with van der Waals surface area (Å²) >= 11 is 0. The van der Waals surface area contributed by atoms with Gasteiger partial charge in [0.05, 0.1) is 4.90 Å². The first-order chi connectivity index (χ1) is 11.4. The van der Waals surface area contributed by atoms with Crippen LogP contribution in [0.15, 0.2) is 53.4 Å². The summed E-state index contributed by atoms with van der Waals surface area (Å²) in [5, 5.41) is 0. The molecule has 0 spiro atoms. The van der Waals surface area contributed by atoms with Gasteiger partial charge < -0.3 is 4.90 Å². The van der Waals surface area contributed by atoms with Crippen LogP contribution >= 0.6 is 0 Å². The lowest BCUT2D eigenvalue weighted by Gasteiger charge is -2.17. The minimum atomic E-state index is -3.42. The Morgan fingerprint density at radius 3 is 2.38 bits per heavy atom. The number of sulfonamides is 1. The van der Waals surface area contributed by atoms with E-state index in [-0.39, 0.29) is 0 Å². The second-order valence-corrected chi connectivity index (χ2v) is 7.99. The predicted octanol–water partition coefficient (Wildman–Crippen LogP) is 3.10. The van der Waals surface area contributed by atoms with E-state index in [0.29, 0.717) is 11.4 Å². The SMILES string of the molecule is Cc1ccc(S(=O)(=O)NCCCN(C)Cc2ccccc2)cc1C. The molecule has 0 bridgehead atoms. The number of nitrogens with one attached hydrogen (secondary N) is 1. The fourth-order valence-electron chi connectivity index (χ4n) is 2.49. The summed E-state index contributed by atoms with van der Waals surface area (Å²) < 4.78 is 27.3. The van der Waals surface area contributed by atoms with Crippen LogP contribution in [0.2, 0.25) is 0 Å². The van der Waals surface area contributed by atoms with Crippen LogP contribution in [0.4, 0.5) is 0 Å². The number of aryl methyl sites for hydroxylation is 2. The highest BCUT2D eigenvalue weighted by Crippen LogP contribution is 2.14. The van der Waals surface area contributed by atoms with Crippen LogP contribution in [0.1, 0.15) is 23.1 Å². The third-order valence-corrected chi connectivity index (χ3v) is 5.55. The number of rotatable bonds is 8. The highest BCUT2D eigenvalue weighted by atomic mass is 32.2. The summed E-state index contributed by atoms with van der Waals surface area (Å²) in [6.45, 7) is 6.04. The molecule has 0 saturated heterocycles. The van der Waals surface area contributed by atoms with Crippen LogP contribution in [0.25, 0.3) is 0 Å². The van der Waals surface area contributed by atoms with Gasteiger partial charge in [-0.1, -0.05) is 36.4 Å². The minimum absolute atomic E-state index is 0.336. The van der Waals surface area contributed by atoms with Gasteiger partial charge in [-0.3, -0.25) is 0 Å². The van der Waals surface area contributed by atoms with Crippen molar-refractivity contribution in [2.24, 2.45) is 0 Å². The van der Waals surface area contributed by atoms with E-state index in [0.717, 1.165) is 30.6 Å². The number of hydrogen-bond acceptors (Lipinski definition) is 3. The first kappa shape index (κ1) is 18.6. The Morgan fingerprint density at radius 2 is 1.71 bits per heavy atom. The van der Waals surface area contributed by atoms with E-state index < -0.39 is 10.0 Å². The topological polar surface area (TPSA) is 49.4 Å². The largest absolute Gasteiger partial charge is 0.302 e. The van der Waals surface area contributed by atoms with Gasteiger partial charge in [0.2, 0.25) is 10.0 Å². The third kappa shape index (κ3) is 5.44. The Balaban J connectivity index is 1.79. The molecule has 2 aromatic rings. The molecule has 0 aliphatic carbocycles. The van der Waals surface area contributed by atoms with Gasteiger partial charge in [0.25, 0.3) is 0 Å². The van der Waals surface area contributed by atoms with Gasteiger partial charge in [-0.2, -0.15) is 0 Å². The van der Waals surface area contributed by atoms with Crippen molar-refractivity contribution in [1.82, 2.24) is 9.62 Å². The monoisotopic (exact) mass is 346 g/mol. The zero-order valence-corrected chi connectivity index (χ0v) is 15.4. The number of nitrogens with zero attached hydrogens (tertiary/aromatic N) is 1. The summed E-state index contributed by atoms with van der Waals surface area (Å²) in [5.74, 6) is 0. The molecule has 24 heavy (non-hydrogen) atoms. The Labute approximate surface area is 145 Å². The number of benzene rings is 2. The molecular weight excluding hydrogens is 320 g/mol. The van der Waals surface area contributed by atoms with Crippen LogP contribution in [0, 0.1) is 13.8 Å². The quantitative estimate of drug-likeness (QED) is 0.747. The van der Waals surface area contributed by atoms with Crippen molar-refractivity contribution < 1.29 is 8.42 Å². The molecule has 1 N–H and O–H groups in total. The van der Waals surface area contributed by atoms with Crippen LogP contribution in [0.5, 0.6) is 0 Å². The fourth-order valence-corrected chi connectivity index (χ4v) is 3.65. The van der Waals surface area contributed by atoms with E-state index in [4.69, 9.17) is 0 Å². The zero-order valence-electron chi connectivity index (χ0n) is 14.6. The van der Waals surface area contributed by atoms with Gasteiger partial charge in [-0.25, -0.2) is 13.1 Å². The van der Waals surface area contributed by atoms with Crippen molar-refractivity contribution in [3.63, 3.8) is 0 Å². The van der Waals surface area contributed by atoms with Gasteiger partial charge in [0.15, 0.2) is 0 Å². The van der Waals surface area contributed by atoms with Crippen molar-refractivity contribution in [3.8, 4) is 0 Å². The summed E-state index contributed by atoms with van der Waals surface area (Å²) in [4.78, 5) is 2.53. The van der Waals surface area contributed by atoms with E-state index in [1.807, 2.05) is 45.2 Å². The molecule has 0 unspecified atom stereocenters. The number of hydrogen-bond donors (Lipinski definition) is 1. The van der Waals surface area contributed by atoms with E-state index in [2.05, 4.69) is 21.8 Å². The molecule has 2 rings (SSSR count). The van der Waals surface area contributed by atoms with Crippen molar-refractivity contribution in [2.45, 2.75) is 31.7 Å².